The summed E-state index contributed by atoms with van der Waals surface area (Å²) in [5.41, 5.74) is 1.68. The van der Waals surface area contributed by atoms with Gasteiger partial charge in [-0.05, 0) is 30.7 Å². The molecule has 0 aliphatic heterocycles. The molecule has 4 heteroatoms. The Morgan fingerprint density at radius 2 is 2.23 bits per heavy atom. The summed E-state index contributed by atoms with van der Waals surface area (Å²) in [4.78, 5) is 0. The molecular formula is C9H8FN3. The molecule has 1 aromatic heterocycles. The largest absolute Gasteiger partial charge is 0.221 e. The minimum Gasteiger partial charge on any atom is -0.221 e. The van der Waals surface area contributed by atoms with Gasteiger partial charge in [-0.3, -0.25) is 0 Å². The van der Waals surface area contributed by atoms with E-state index in [0.717, 1.165) is 11.3 Å². The highest BCUT2D eigenvalue weighted by Crippen LogP contribution is 2.13. The monoisotopic (exact) mass is 177 g/mol. The first-order chi connectivity index (χ1) is 6.27. The second-order valence-electron chi connectivity index (χ2n) is 2.78. The fraction of sp³-hybridized carbons (Fsp3) is 0.111. The van der Waals surface area contributed by atoms with Gasteiger partial charge in [-0.25, -0.2) is 9.07 Å². The van der Waals surface area contributed by atoms with Gasteiger partial charge in [0, 0.05) is 0 Å². The van der Waals surface area contributed by atoms with Gasteiger partial charge < -0.3 is 0 Å². The molecule has 13 heavy (non-hydrogen) atoms. The van der Waals surface area contributed by atoms with Gasteiger partial charge in [0.2, 0.25) is 0 Å². The van der Waals surface area contributed by atoms with Crippen LogP contribution in [0.15, 0.2) is 30.6 Å². The third kappa shape index (κ3) is 1.42. The molecule has 2 aromatic rings. The molecule has 0 radical (unpaired) electrons. The van der Waals surface area contributed by atoms with Crippen LogP contribution in [0.25, 0.3) is 5.69 Å². The number of rotatable bonds is 1. The van der Waals surface area contributed by atoms with Gasteiger partial charge in [-0.15, -0.1) is 5.10 Å². The van der Waals surface area contributed by atoms with Crippen LogP contribution >= 0.6 is 0 Å². The lowest BCUT2D eigenvalue weighted by Crippen LogP contribution is -1.98. The molecule has 1 heterocycles. The van der Waals surface area contributed by atoms with E-state index in [4.69, 9.17) is 0 Å². The van der Waals surface area contributed by atoms with Crippen LogP contribution in [-0.4, -0.2) is 15.0 Å². The fourth-order valence-electron chi connectivity index (χ4n) is 1.21. The first-order valence-electron chi connectivity index (χ1n) is 3.90. The van der Waals surface area contributed by atoms with Crippen molar-refractivity contribution in [3.05, 3.63) is 42.0 Å². The molecule has 3 nitrogen and oxygen atoms in total. The third-order valence-corrected chi connectivity index (χ3v) is 1.83. The predicted molar refractivity (Wildman–Crippen MR) is 46.1 cm³/mol. The van der Waals surface area contributed by atoms with E-state index in [-0.39, 0.29) is 5.82 Å². The van der Waals surface area contributed by atoms with E-state index in [1.54, 1.807) is 23.1 Å². The van der Waals surface area contributed by atoms with Crippen molar-refractivity contribution < 1.29 is 4.39 Å². The molecular weight excluding hydrogens is 169 g/mol. The molecule has 0 atom stereocenters. The highest BCUT2D eigenvalue weighted by Gasteiger charge is 2.01. The van der Waals surface area contributed by atoms with Crippen LogP contribution in [0.2, 0.25) is 0 Å². The van der Waals surface area contributed by atoms with E-state index in [0.29, 0.717) is 0 Å². The van der Waals surface area contributed by atoms with Crippen molar-refractivity contribution in [3.63, 3.8) is 0 Å². The van der Waals surface area contributed by atoms with E-state index < -0.39 is 0 Å². The summed E-state index contributed by atoms with van der Waals surface area (Å²) >= 11 is 0. The lowest BCUT2D eigenvalue weighted by Gasteiger charge is -2.03. The third-order valence-electron chi connectivity index (χ3n) is 1.83. The predicted octanol–water partition coefficient (Wildman–Crippen LogP) is 1.71. The van der Waals surface area contributed by atoms with Gasteiger partial charge in [0.1, 0.15) is 5.82 Å². The number of aryl methyl sites for hydroxylation is 1. The van der Waals surface area contributed by atoms with Crippen LogP contribution in [-0.2, 0) is 0 Å². The Bertz CT molecular complexity index is 409. The van der Waals surface area contributed by atoms with Gasteiger partial charge >= 0.3 is 0 Å². The molecule has 0 spiro atoms. The molecule has 0 fully saturated rings. The van der Waals surface area contributed by atoms with E-state index in [2.05, 4.69) is 10.3 Å². The lowest BCUT2D eigenvalue weighted by molar-refractivity contribution is 0.625. The molecule has 0 aliphatic carbocycles. The van der Waals surface area contributed by atoms with Gasteiger partial charge in [0.05, 0.1) is 18.1 Å². The number of hydrogen-bond acceptors (Lipinski definition) is 2. The maximum absolute atomic E-state index is 12.7. The minimum atomic E-state index is -0.235. The molecule has 66 valence electrons. The van der Waals surface area contributed by atoms with Crippen LogP contribution in [0, 0.1) is 12.7 Å². The second-order valence-corrected chi connectivity index (χ2v) is 2.78. The maximum Gasteiger partial charge on any atom is 0.123 e. The van der Waals surface area contributed by atoms with E-state index in [1.165, 1.54) is 12.1 Å². The summed E-state index contributed by atoms with van der Waals surface area (Å²) in [7, 11) is 0. The van der Waals surface area contributed by atoms with Crippen LogP contribution in [0.3, 0.4) is 0 Å². The summed E-state index contributed by atoms with van der Waals surface area (Å²) < 4.78 is 14.3. The highest BCUT2D eigenvalue weighted by molar-refractivity contribution is 5.39. The van der Waals surface area contributed by atoms with Crippen molar-refractivity contribution in [2.24, 2.45) is 0 Å². The van der Waals surface area contributed by atoms with Crippen molar-refractivity contribution in [2.45, 2.75) is 6.92 Å². The summed E-state index contributed by atoms with van der Waals surface area (Å²) in [6, 6.07) is 4.56. The molecule has 0 unspecified atom stereocenters. The Hall–Kier alpha value is -1.71. The van der Waals surface area contributed by atoms with Gasteiger partial charge in [0.15, 0.2) is 0 Å². The molecule has 0 N–H and O–H groups in total. The molecule has 0 saturated heterocycles. The number of benzene rings is 1. The first kappa shape index (κ1) is 7.91. The standard InChI is InChI=1S/C9H8FN3/c1-7-6-8(10)2-3-9(7)13-5-4-11-12-13/h2-6H,1H3. The molecule has 0 amide bonds. The van der Waals surface area contributed by atoms with Gasteiger partial charge in [0.25, 0.3) is 0 Å². The average molecular weight is 177 g/mol. The number of nitrogens with zero attached hydrogens (tertiary/aromatic N) is 3. The minimum absolute atomic E-state index is 0.235. The normalized spacial score (nSPS) is 10.3. The van der Waals surface area contributed by atoms with Crippen molar-refractivity contribution in [3.8, 4) is 5.69 Å². The number of hydrogen-bond donors (Lipinski definition) is 0. The lowest BCUT2D eigenvalue weighted by atomic mass is 10.2. The van der Waals surface area contributed by atoms with E-state index in [9.17, 15) is 4.39 Å². The zero-order valence-electron chi connectivity index (χ0n) is 7.11. The summed E-state index contributed by atoms with van der Waals surface area (Å²) in [5, 5.41) is 7.50. The van der Waals surface area contributed by atoms with Crippen LogP contribution in [0.1, 0.15) is 5.56 Å². The quantitative estimate of drug-likeness (QED) is 0.664. The Balaban J connectivity index is 2.53. The number of aromatic nitrogens is 3. The summed E-state index contributed by atoms with van der Waals surface area (Å²) in [6.45, 7) is 1.83. The van der Waals surface area contributed by atoms with Crippen LogP contribution < -0.4 is 0 Å². The van der Waals surface area contributed by atoms with Crippen molar-refractivity contribution in [1.82, 2.24) is 15.0 Å². The van der Waals surface area contributed by atoms with Crippen molar-refractivity contribution in [1.29, 1.82) is 0 Å². The maximum atomic E-state index is 12.7. The molecule has 0 aliphatic rings. The second kappa shape index (κ2) is 2.97. The van der Waals surface area contributed by atoms with E-state index in [1.807, 2.05) is 6.92 Å². The Morgan fingerprint density at radius 1 is 1.38 bits per heavy atom. The highest BCUT2D eigenvalue weighted by atomic mass is 19.1. The molecule has 0 saturated carbocycles. The summed E-state index contributed by atoms with van der Waals surface area (Å²) in [5.74, 6) is -0.235. The SMILES string of the molecule is Cc1cc(F)ccc1-n1ccnn1. The van der Waals surface area contributed by atoms with Crippen LogP contribution in [0.5, 0.6) is 0 Å². The molecule has 2 rings (SSSR count). The smallest absolute Gasteiger partial charge is 0.123 e. The topological polar surface area (TPSA) is 30.7 Å². The molecule has 1 aromatic carbocycles. The number of halogens is 1. The first-order valence-corrected chi connectivity index (χ1v) is 3.90. The van der Waals surface area contributed by atoms with E-state index >= 15 is 0 Å². The zero-order valence-corrected chi connectivity index (χ0v) is 7.11. The summed E-state index contributed by atoms with van der Waals surface area (Å²) in [6.07, 6.45) is 3.31. The Morgan fingerprint density at radius 3 is 2.85 bits per heavy atom. The zero-order chi connectivity index (χ0) is 9.26. The van der Waals surface area contributed by atoms with Gasteiger partial charge in [-0.2, -0.15) is 0 Å². The average Bonchev–Trinajstić information content (AvgIpc) is 2.56. The van der Waals surface area contributed by atoms with Gasteiger partial charge in [-0.1, -0.05) is 5.21 Å². The fourth-order valence-corrected chi connectivity index (χ4v) is 1.21. The van der Waals surface area contributed by atoms with Crippen LogP contribution in [0.4, 0.5) is 4.39 Å². The Kier molecular flexibility index (Phi) is 1.81. The van der Waals surface area contributed by atoms with Crippen molar-refractivity contribution in [2.75, 3.05) is 0 Å². The molecule has 0 bridgehead atoms. The van der Waals surface area contributed by atoms with Crippen molar-refractivity contribution >= 4 is 0 Å². The Labute approximate surface area is 74.8 Å².